The summed E-state index contributed by atoms with van der Waals surface area (Å²) in [5.74, 6) is -1.47. The van der Waals surface area contributed by atoms with Gasteiger partial charge in [-0.1, -0.05) is 0 Å². The highest BCUT2D eigenvalue weighted by molar-refractivity contribution is 5.89. The molecule has 7 nitrogen and oxygen atoms in total. The van der Waals surface area contributed by atoms with Gasteiger partial charge in [-0.2, -0.15) is 0 Å². The second-order valence-electron chi connectivity index (χ2n) is 4.07. The number of amides is 1. The summed E-state index contributed by atoms with van der Waals surface area (Å²) in [6.45, 7) is 0.667. The lowest BCUT2D eigenvalue weighted by atomic mass is 9.98. The average Bonchev–Trinajstić information content (AvgIpc) is 2.71. The summed E-state index contributed by atoms with van der Waals surface area (Å²) in [6.07, 6.45) is 0.412. The molecule has 7 heteroatoms. The molecule has 0 spiro atoms. The van der Waals surface area contributed by atoms with Crippen LogP contribution in [0.25, 0.3) is 0 Å². The molecule has 0 bridgehead atoms. The van der Waals surface area contributed by atoms with E-state index in [2.05, 4.69) is 0 Å². The van der Waals surface area contributed by atoms with E-state index in [1.54, 1.807) is 0 Å². The monoisotopic (exact) mass is 246 g/mol. The summed E-state index contributed by atoms with van der Waals surface area (Å²) >= 11 is 0. The van der Waals surface area contributed by atoms with Crippen LogP contribution in [0.3, 0.4) is 0 Å². The van der Waals surface area contributed by atoms with Gasteiger partial charge in [0.25, 0.3) is 0 Å². The minimum absolute atomic E-state index is 0.134. The van der Waals surface area contributed by atoms with E-state index >= 15 is 0 Å². The topological polar surface area (TPSA) is 102 Å². The highest BCUT2D eigenvalue weighted by Gasteiger charge is 2.41. The van der Waals surface area contributed by atoms with Gasteiger partial charge in [-0.3, -0.25) is 9.59 Å². The van der Waals surface area contributed by atoms with Crippen LogP contribution in [0.2, 0.25) is 0 Å². The second-order valence-corrected chi connectivity index (χ2v) is 4.07. The van der Waals surface area contributed by atoms with Gasteiger partial charge in [0.1, 0.15) is 12.1 Å². The van der Waals surface area contributed by atoms with E-state index in [1.165, 1.54) is 12.0 Å². The molecule has 1 rings (SSSR count). The number of nitrogens with two attached hydrogens (primary N) is 1. The fourth-order valence-electron chi connectivity index (χ4n) is 1.68. The molecule has 0 saturated carbocycles. The maximum absolute atomic E-state index is 12.1. The Morgan fingerprint density at radius 3 is 2.76 bits per heavy atom. The lowest BCUT2D eigenvalue weighted by molar-refractivity contribution is -0.147. The van der Waals surface area contributed by atoms with Crippen molar-refractivity contribution in [2.24, 2.45) is 5.73 Å². The van der Waals surface area contributed by atoms with Gasteiger partial charge in [0.05, 0.1) is 13.2 Å². The number of aliphatic carboxylic acids is 1. The Morgan fingerprint density at radius 2 is 2.29 bits per heavy atom. The molecule has 1 amide bonds. The third-order valence-corrected chi connectivity index (χ3v) is 2.66. The Kier molecular flexibility index (Phi) is 4.86. The molecular formula is C10H18N2O5. The van der Waals surface area contributed by atoms with Gasteiger partial charge >= 0.3 is 5.97 Å². The first-order valence-corrected chi connectivity index (χ1v) is 5.36. The quantitative estimate of drug-likeness (QED) is 0.601. The number of nitrogens with zero attached hydrogens (tertiary/aromatic N) is 1. The third-order valence-electron chi connectivity index (χ3n) is 2.66. The smallest absolute Gasteiger partial charge is 0.323 e. The van der Waals surface area contributed by atoms with Gasteiger partial charge in [-0.05, 0) is 6.42 Å². The predicted octanol–water partition coefficient (Wildman–Crippen LogP) is -1.34. The molecule has 17 heavy (non-hydrogen) atoms. The molecule has 1 fully saturated rings. The number of ether oxygens (including phenoxy) is 2. The van der Waals surface area contributed by atoms with Crippen molar-refractivity contribution in [3.8, 4) is 0 Å². The summed E-state index contributed by atoms with van der Waals surface area (Å²) in [5, 5.41) is 8.75. The molecule has 0 aromatic carbocycles. The highest BCUT2D eigenvalue weighted by atomic mass is 16.5. The number of hydrogen-bond acceptors (Lipinski definition) is 5. The first-order valence-electron chi connectivity index (χ1n) is 5.36. The van der Waals surface area contributed by atoms with Crippen molar-refractivity contribution in [2.45, 2.75) is 12.0 Å². The number of hydrogen-bond donors (Lipinski definition) is 2. The molecule has 1 aliphatic rings. The molecule has 1 saturated heterocycles. The van der Waals surface area contributed by atoms with Crippen LogP contribution >= 0.6 is 0 Å². The lowest BCUT2D eigenvalue weighted by Crippen LogP contribution is -2.57. The number of carboxylic acid groups (broad SMARTS) is 1. The number of carbonyl (C=O) groups excluding carboxylic acids is 1. The lowest BCUT2D eigenvalue weighted by Gasteiger charge is -2.29. The molecule has 3 N–H and O–H groups in total. The Hall–Kier alpha value is -1.18. The number of methoxy groups -OCH3 is 1. The van der Waals surface area contributed by atoms with Gasteiger partial charge in [0.15, 0.2) is 0 Å². The van der Waals surface area contributed by atoms with E-state index in [4.69, 9.17) is 20.3 Å². The number of rotatable bonds is 6. The number of carboxylic acids is 1. The first kappa shape index (κ1) is 13.9. The first-order chi connectivity index (χ1) is 7.99. The Balaban J connectivity index is 2.67. The van der Waals surface area contributed by atoms with Crippen LogP contribution in [-0.2, 0) is 19.1 Å². The van der Waals surface area contributed by atoms with Crippen LogP contribution in [-0.4, -0.2) is 67.4 Å². The van der Waals surface area contributed by atoms with Gasteiger partial charge in [0, 0.05) is 20.3 Å². The molecule has 0 aromatic rings. The van der Waals surface area contributed by atoms with Crippen molar-refractivity contribution >= 4 is 11.9 Å². The molecular weight excluding hydrogens is 228 g/mol. The van der Waals surface area contributed by atoms with E-state index in [0.29, 0.717) is 13.0 Å². The fraction of sp³-hybridized carbons (Fsp3) is 0.800. The zero-order valence-corrected chi connectivity index (χ0v) is 9.85. The van der Waals surface area contributed by atoms with Crippen molar-refractivity contribution in [3.63, 3.8) is 0 Å². The Labute approximate surface area is 99.5 Å². The van der Waals surface area contributed by atoms with Crippen LogP contribution in [0.15, 0.2) is 0 Å². The maximum Gasteiger partial charge on any atom is 0.323 e. The van der Waals surface area contributed by atoms with Gasteiger partial charge < -0.3 is 25.2 Å². The zero-order valence-electron chi connectivity index (χ0n) is 9.85. The van der Waals surface area contributed by atoms with Crippen LogP contribution in [0.4, 0.5) is 0 Å². The van der Waals surface area contributed by atoms with Crippen molar-refractivity contribution in [1.29, 1.82) is 0 Å². The van der Waals surface area contributed by atoms with Crippen LogP contribution in [0, 0.1) is 0 Å². The summed E-state index contributed by atoms with van der Waals surface area (Å²) in [4.78, 5) is 24.0. The van der Waals surface area contributed by atoms with Crippen molar-refractivity contribution in [3.05, 3.63) is 0 Å². The zero-order chi connectivity index (χ0) is 12.9. The summed E-state index contributed by atoms with van der Waals surface area (Å²) < 4.78 is 9.93. The maximum atomic E-state index is 12.1. The Bertz CT molecular complexity index is 288. The van der Waals surface area contributed by atoms with Crippen LogP contribution in [0.5, 0.6) is 0 Å². The largest absolute Gasteiger partial charge is 0.480 e. The minimum atomic E-state index is -1.09. The summed E-state index contributed by atoms with van der Waals surface area (Å²) in [7, 11) is 1.49. The molecule has 98 valence electrons. The minimum Gasteiger partial charge on any atom is -0.480 e. The second kappa shape index (κ2) is 5.95. The van der Waals surface area contributed by atoms with E-state index < -0.39 is 17.4 Å². The normalized spacial score (nSPS) is 23.6. The van der Waals surface area contributed by atoms with E-state index in [0.717, 1.165) is 0 Å². The van der Waals surface area contributed by atoms with E-state index in [1.807, 2.05) is 0 Å². The predicted molar refractivity (Wildman–Crippen MR) is 58.4 cm³/mol. The van der Waals surface area contributed by atoms with Crippen molar-refractivity contribution in [1.82, 2.24) is 4.90 Å². The average molecular weight is 246 g/mol. The van der Waals surface area contributed by atoms with Crippen molar-refractivity contribution in [2.75, 3.05) is 40.0 Å². The number of carbonyl (C=O) groups is 2. The third kappa shape index (κ3) is 3.65. The van der Waals surface area contributed by atoms with E-state index in [-0.39, 0.29) is 26.3 Å². The molecule has 0 aliphatic carbocycles. The van der Waals surface area contributed by atoms with Crippen LogP contribution in [0.1, 0.15) is 6.42 Å². The molecule has 1 heterocycles. The standard InChI is InChI=1S/C10H18N2O5/c1-16-5-3-12(6-8(13)14)9(15)10(11)2-4-17-7-10/h2-7,11H2,1H3,(H,13,14). The van der Waals surface area contributed by atoms with Gasteiger partial charge in [-0.25, -0.2) is 0 Å². The summed E-state index contributed by atoms with van der Waals surface area (Å²) in [6, 6.07) is 0. The summed E-state index contributed by atoms with van der Waals surface area (Å²) in [5.41, 5.74) is 4.81. The Morgan fingerprint density at radius 1 is 1.59 bits per heavy atom. The van der Waals surface area contributed by atoms with Gasteiger partial charge in [0.2, 0.25) is 5.91 Å². The van der Waals surface area contributed by atoms with Crippen LogP contribution < -0.4 is 5.73 Å². The molecule has 0 radical (unpaired) electrons. The molecule has 0 aromatic heterocycles. The SMILES string of the molecule is COCCN(CC(=O)O)C(=O)C1(N)CCOC1. The molecule has 1 unspecified atom stereocenters. The molecule has 1 atom stereocenters. The van der Waals surface area contributed by atoms with Crippen molar-refractivity contribution < 1.29 is 24.2 Å². The molecule has 1 aliphatic heterocycles. The highest BCUT2D eigenvalue weighted by Crippen LogP contribution is 2.18. The van der Waals surface area contributed by atoms with E-state index in [9.17, 15) is 9.59 Å². The van der Waals surface area contributed by atoms with Gasteiger partial charge in [-0.15, -0.1) is 0 Å². The fourth-order valence-corrected chi connectivity index (χ4v) is 1.68.